The molecule has 1 atom stereocenters. The summed E-state index contributed by atoms with van der Waals surface area (Å²) in [7, 11) is 0. The summed E-state index contributed by atoms with van der Waals surface area (Å²) in [6.45, 7) is 5.30. The highest BCUT2D eigenvalue weighted by Crippen LogP contribution is 2.38. The van der Waals surface area contributed by atoms with Crippen LogP contribution < -0.4 is 5.32 Å². The summed E-state index contributed by atoms with van der Waals surface area (Å²) in [6, 6.07) is 4.44. The molecule has 0 saturated carbocycles. The number of aromatic nitrogens is 3. The van der Waals surface area contributed by atoms with E-state index in [1.54, 1.807) is 0 Å². The molecular formula is C14H17BrN4. The highest BCUT2D eigenvalue weighted by Gasteiger charge is 2.27. The van der Waals surface area contributed by atoms with Crippen molar-refractivity contribution in [3.8, 4) is 0 Å². The van der Waals surface area contributed by atoms with Gasteiger partial charge < -0.3 is 5.32 Å². The highest BCUT2D eigenvalue weighted by molar-refractivity contribution is 9.10. The third-order valence-electron chi connectivity index (χ3n) is 3.52. The van der Waals surface area contributed by atoms with E-state index in [0.717, 1.165) is 29.0 Å². The second-order valence-electron chi connectivity index (χ2n) is 5.16. The Morgan fingerprint density at radius 1 is 1.37 bits per heavy atom. The zero-order valence-electron chi connectivity index (χ0n) is 11.1. The van der Waals surface area contributed by atoms with E-state index in [4.69, 9.17) is 5.10 Å². The molecule has 5 heteroatoms. The average molecular weight is 321 g/mol. The van der Waals surface area contributed by atoms with Crippen molar-refractivity contribution in [1.29, 1.82) is 0 Å². The second-order valence-corrected chi connectivity index (χ2v) is 5.95. The van der Waals surface area contributed by atoms with Crippen molar-refractivity contribution in [3.63, 3.8) is 0 Å². The third-order valence-corrected chi connectivity index (χ3v) is 4.30. The van der Waals surface area contributed by atoms with Crippen LogP contribution in [0.2, 0.25) is 0 Å². The van der Waals surface area contributed by atoms with Crippen molar-refractivity contribution in [2.75, 3.05) is 11.9 Å². The lowest BCUT2D eigenvalue weighted by Gasteiger charge is -2.26. The molecule has 0 aliphatic carbocycles. The van der Waals surface area contributed by atoms with E-state index in [1.165, 1.54) is 5.56 Å². The van der Waals surface area contributed by atoms with Gasteiger partial charge in [-0.05, 0) is 46.0 Å². The Labute approximate surface area is 121 Å². The van der Waals surface area contributed by atoms with Crippen molar-refractivity contribution in [3.05, 3.63) is 40.3 Å². The number of pyridine rings is 1. The van der Waals surface area contributed by atoms with Gasteiger partial charge in [0.05, 0.1) is 16.2 Å². The van der Waals surface area contributed by atoms with E-state index >= 15 is 0 Å². The van der Waals surface area contributed by atoms with Gasteiger partial charge in [-0.3, -0.25) is 4.98 Å². The van der Waals surface area contributed by atoms with E-state index in [9.17, 15) is 0 Å². The summed E-state index contributed by atoms with van der Waals surface area (Å²) >= 11 is 3.68. The van der Waals surface area contributed by atoms with Crippen LogP contribution in [0.3, 0.4) is 0 Å². The molecule has 0 fully saturated rings. The molecule has 0 saturated heterocycles. The Morgan fingerprint density at radius 2 is 2.11 bits per heavy atom. The molecule has 1 aliphatic heterocycles. The van der Waals surface area contributed by atoms with Gasteiger partial charge in [-0.15, -0.1) is 0 Å². The second kappa shape index (κ2) is 4.96. The van der Waals surface area contributed by atoms with E-state index in [-0.39, 0.29) is 0 Å². The Bertz CT molecular complexity index is 577. The number of nitrogens with one attached hydrogen (secondary N) is 1. The first-order chi connectivity index (χ1) is 9.18. The quantitative estimate of drug-likeness (QED) is 0.919. The van der Waals surface area contributed by atoms with Gasteiger partial charge in [0.2, 0.25) is 0 Å². The van der Waals surface area contributed by atoms with Crippen LogP contribution in [0, 0.1) is 0 Å². The first kappa shape index (κ1) is 12.7. The zero-order valence-corrected chi connectivity index (χ0v) is 12.7. The Morgan fingerprint density at radius 3 is 2.79 bits per heavy atom. The molecule has 3 heterocycles. The fourth-order valence-electron chi connectivity index (χ4n) is 2.53. The van der Waals surface area contributed by atoms with Gasteiger partial charge in [-0.2, -0.15) is 5.10 Å². The molecule has 0 spiro atoms. The van der Waals surface area contributed by atoms with E-state index in [2.05, 4.69) is 56.9 Å². The van der Waals surface area contributed by atoms with Gasteiger partial charge in [0.1, 0.15) is 5.82 Å². The van der Waals surface area contributed by atoms with Crippen molar-refractivity contribution in [2.45, 2.75) is 32.2 Å². The SMILES string of the molecule is CC(C)c1nn2c(c1Br)NCCC2c1ccncc1. The summed E-state index contributed by atoms with van der Waals surface area (Å²) in [5.74, 6) is 1.50. The molecule has 19 heavy (non-hydrogen) atoms. The van der Waals surface area contributed by atoms with Crippen LogP contribution in [0.15, 0.2) is 29.0 Å². The fourth-order valence-corrected chi connectivity index (χ4v) is 3.39. The normalized spacial score (nSPS) is 18.2. The van der Waals surface area contributed by atoms with E-state index < -0.39 is 0 Å². The maximum Gasteiger partial charge on any atom is 0.139 e. The Balaban J connectivity index is 2.08. The molecule has 100 valence electrons. The van der Waals surface area contributed by atoms with Crippen molar-refractivity contribution >= 4 is 21.7 Å². The van der Waals surface area contributed by atoms with Crippen molar-refractivity contribution in [1.82, 2.24) is 14.8 Å². The maximum absolute atomic E-state index is 4.79. The monoisotopic (exact) mass is 320 g/mol. The number of halogens is 1. The topological polar surface area (TPSA) is 42.7 Å². The van der Waals surface area contributed by atoms with Crippen LogP contribution in [0.5, 0.6) is 0 Å². The van der Waals surface area contributed by atoms with Gasteiger partial charge in [0.15, 0.2) is 0 Å². The third kappa shape index (κ3) is 2.16. The standard InChI is InChI=1S/C14H17BrN4/c1-9(2)13-12(15)14-17-8-5-11(19(14)18-13)10-3-6-16-7-4-10/h3-4,6-7,9,11,17H,5,8H2,1-2H3. The fraction of sp³-hybridized carbons (Fsp3) is 0.429. The minimum Gasteiger partial charge on any atom is -0.369 e. The molecule has 1 unspecified atom stereocenters. The molecule has 2 aromatic heterocycles. The molecule has 3 rings (SSSR count). The molecule has 0 radical (unpaired) electrons. The number of fused-ring (bicyclic) bond motifs is 1. The Kier molecular flexibility index (Phi) is 3.31. The van der Waals surface area contributed by atoms with Gasteiger partial charge in [-0.1, -0.05) is 13.8 Å². The number of anilines is 1. The first-order valence-corrected chi connectivity index (χ1v) is 7.39. The summed E-state index contributed by atoms with van der Waals surface area (Å²) in [4.78, 5) is 4.09. The van der Waals surface area contributed by atoms with E-state index in [1.807, 2.05) is 12.4 Å². The summed E-state index contributed by atoms with van der Waals surface area (Å²) in [5, 5.41) is 8.24. The number of hydrogen-bond donors (Lipinski definition) is 1. The van der Waals surface area contributed by atoms with E-state index in [0.29, 0.717) is 12.0 Å². The number of nitrogens with zero attached hydrogens (tertiary/aromatic N) is 3. The van der Waals surface area contributed by atoms with Gasteiger partial charge in [0, 0.05) is 18.9 Å². The lowest BCUT2D eigenvalue weighted by Crippen LogP contribution is -2.24. The summed E-state index contributed by atoms with van der Waals surface area (Å²) in [6.07, 6.45) is 4.74. The molecule has 2 aromatic rings. The molecule has 0 amide bonds. The molecule has 0 aromatic carbocycles. The smallest absolute Gasteiger partial charge is 0.139 e. The maximum atomic E-state index is 4.79. The lowest BCUT2D eigenvalue weighted by molar-refractivity contribution is 0.475. The number of rotatable bonds is 2. The van der Waals surface area contributed by atoms with Gasteiger partial charge in [0.25, 0.3) is 0 Å². The zero-order chi connectivity index (χ0) is 13.4. The van der Waals surface area contributed by atoms with Gasteiger partial charge in [-0.25, -0.2) is 4.68 Å². The van der Waals surface area contributed by atoms with Gasteiger partial charge >= 0.3 is 0 Å². The minimum absolute atomic E-state index is 0.294. The van der Waals surface area contributed by atoms with Crippen LogP contribution in [0.1, 0.15) is 43.5 Å². The highest BCUT2D eigenvalue weighted by atomic mass is 79.9. The summed E-state index contributed by atoms with van der Waals surface area (Å²) < 4.78 is 3.21. The number of hydrogen-bond acceptors (Lipinski definition) is 3. The molecule has 1 N–H and O–H groups in total. The molecule has 1 aliphatic rings. The van der Waals surface area contributed by atoms with Crippen molar-refractivity contribution < 1.29 is 0 Å². The van der Waals surface area contributed by atoms with Crippen LogP contribution in [-0.4, -0.2) is 21.3 Å². The van der Waals surface area contributed by atoms with Crippen LogP contribution in [-0.2, 0) is 0 Å². The lowest BCUT2D eigenvalue weighted by atomic mass is 10.0. The molecule has 4 nitrogen and oxygen atoms in total. The largest absolute Gasteiger partial charge is 0.369 e. The predicted molar refractivity (Wildman–Crippen MR) is 79.5 cm³/mol. The first-order valence-electron chi connectivity index (χ1n) is 6.60. The molecular weight excluding hydrogens is 304 g/mol. The summed E-state index contributed by atoms with van der Waals surface area (Å²) in [5.41, 5.74) is 2.38. The van der Waals surface area contributed by atoms with Crippen LogP contribution in [0.4, 0.5) is 5.82 Å². The Hall–Kier alpha value is -1.36. The minimum atomic E-state index is 0.294. The average Bonchev–Trinajstić information content (AvgIpc) is 2.78. The molecule has 0 bridgehead atoms. The predicted octanol–water partition coefficient (Wildman–Crippen LogP) is 3.57. The van der Waals surface area contributed by atoms with Crippen LogP contribution in [0.25, 0.3) is 0 Å². The van der Waals surface area contributed by atoms with Crippen LogP contribution >= 0.6 is 15.9 Å². The van der Waals surface area contributed by atoms with Crippen molar-refractivity contribution in [2.24, 2.45) is 0 Å².